The fourth-order valence-electron chi connectivity index (χ4n) is 2.20. The van der Waals surface area contributed by atoms with Crippen molar-refractivity contribution >= 4 is 38.4 Å². The fraction of sp³-hybridized carbons (Fsp3) is 0.125. The van der Waals surface area contributed by atoms with Crippen LogP contribution in [-0.4, -0.2) is 10.9 Å². The molecule has 0 bridgehead atoms. The van der Waals surface area contributed by atoms with Crippen LogP contribution in [0.4, 0.5) is 5.69 Å². The Morgan fingerprint density at radius 1 is 1.19 bits per heavy atom. The Labute approximate surface area is 130 Å². The SMILES string of the molecule is Cc1ccc2nc(C)cc(NC(=O)c3ccc(Br)o3)c2c1. The molecule has 2 aromatic heterocycles. The summed E-state index contributed by atoms with van der Waals surface area (Å²) in [4.78, 5) is 16.7. The van der Waals surface area contributed by atoms with Crippen LogP contribution in [0.15, 0.2) is 45.5 Å². The van der Waals surface area contributed by atoms with Gasteiger partial charge in [0, 0.05) is 11.1 Å². The standard InChI is InChI=1S/C16H13BrN2O2/c1-9-3-4-12-11(7-9)13(8-10(2)18-12)19-16(20)14-5-6-15(17)21-14/h3-8H,1-2H3,(H,18,19,20). The second-order valence-corrected chi connectivity index (χ2v) is 5.67. The molecular weight excluding hydrogens is 332 g/mol. The monoisotopic (exact) mass is 344 g/mol. The molecule has 1 aromatic carbocycles. The summed E-state index contributed by atoms with van der Waals surface area (Å²) in [5, 5.41) is 3.81. The lowest BCUT2D eigenvalue weighted by Crippen LogP contribution is -2.11. The van der Waals surface area contributed by atoms with Gasteiger partial charge in [0.15, 0.2) is 10.4 Å². The van der Waals surface area contributed by atoms with Gasteiger partial charge in [0.05, 0.1) is 11.2 Å². The normalized spacial score (nSPS) is 10.8. The van der Waals surface area contributed by atoms with Gasteiger partial charge in [-0.1, -0.05) is 11.6 Å². The van der Waals surface area contributed by atoms with Crippen LogP contribution in [0.1, 0.15) is 21.8 Å². The number of hydrogen-bond acceptors (Lipinski definition) is 3. The smallest absolute Gasteiger partial charge is 0.291 e. The molecule has 0 aliphatic heterocycles. The van der Waals surface area contributed by atoms with Gasteiger partial charge >= 0.3 is 0 Å². The summed E-state index contributed by atoms with van der Waals surface area (Å²) in [6, 6.07) is 11.1. The number of rotatable bonds is 2. The molecule has 3 aromatic rings. The Balaban J connectivity index is 2.03. The summed E-state index contributed by atoms with van der Waals surface area (Å²) < 4.78 is 5.80. The maximum Gasteiger partial charge on any atom is 0.291 e. The van der Waals surface area contributed by atoms with Crippen molar-refractivity contribution in [3.05, 3.63) is 58.1 Å². The van der Waals surface area contributed by atoms with Crippen molar-refractivity contribution < 1.29 is 9.21 Å². The number of nitrogens with zero attached hydrogens (tertiary/aromatic N) is 1. The quantitative estimate of drug-likeness (QED) is 0.746. The van der Waals surface area contributed by atoms with Crippen LogP contribution in [-0.2, 0) is 0 Å². The minimum Gasteiger partial charge on any atom is -0.444 e. The number of benzene rings is 1. The number of pyridine rings is 1. The van der Waals surface area contributed by atoms with E-state index in [2.05, 4.69) is 26.2 Å². The summed E-state index contributed by atoms with van der Waals surface area (Å²) in [6.07, 6.45) is 0. The molecule has 3 rings (SSSR count). The Bertz CT molecular complexity index is 839. The average molecular weight is 345 g/mol. The van der Waals surface area contributed by atoms with E-state index in [1.807, 2.05) is 38.1 Å². The zero-order chi connectivity index (χ0) is 15.0. The fourth-order valence-corrected chi connectivity index (χ4v) is 2.50. The zero-order valence-corrected chi connectivity index (χ0v) is 13.2. The molecule has 0 saturated heterocycles. The molecule has 1 N–H and O–H groups in total. The highest BCUT2D eigenvalue weighted by Crippen LogP contribution is 2.25. The van der Waals surface area contributed by atoms with E-state index in [-0.39, 0.29) is 11.7 Å². The van der Waals surface area contributed by atoms with E-state index < -0.39 is 0 Å². The molecule has 21 heavy (non-hydrogen) atoms. The third-order valence-electron chi connectivity index (χ3n) is 3.14. The van der Waals surface area contributed by atoms with Gasteiger partial charge in [-0.15, -0.1) is 0 Å². The van der Waals surface area contributed by atoms with Gasteiger partial charge in [-0.25, -0.2) is 0 Å². The van der Waals surface area contributed by atoms with Crippen LogP contribution in [0, 0.1) is 13.8 Å². The van der Waals surface area contributed by atoms with Crippen molar-refractivity contribution in [2.45, 2.75) is 13.8 Å². The molecule has 0 aliphatic carbocycles. The predicted octanol–water partition coefficient (Wildman–Crippen LogP) is 4.46. The number of amides is 1. The minimum absolute atomic E-state index is 0.261. The first-order chi connectivity index (χ1) is 10.0. The number of nitrogens with one attached hydrogen (secondary N) is 1. The van der Waals surface area contributed by atoms with Crippen LogP contribution in [0.3, 0.4) is 0 Å². The lowest BCUT2D eigenvalue weighted by Gasteiger charge is -2.09. The molecule has 0 atom stereocenters. The average Bonchev–Trinajstić information content (AvgIpc) is 2.86. The number of carbonyl (C=O) groups excluding carboxylic acids is 1. The van der Waals surface area contributed by atoms with Crippen molar-refractivity contribution in [1.29, 1.82) is 0 Å². The van der Waals surface area contributed by atoms with Gasteiger partial charge in [-0.2, -0.15) is 0 Å². The Hall–Kier alpha value is -2.14. The molecule has 0 unspecified atom stereocenters. The van der Waals surface area contributed by atoms with E-state index in [4.69, 9.17) is 4.42 Å². The van der Waals surface area contributed by atoms with Crippen molar-refractivity contribution in [3.8, 4) is 0 Å². The van der Waals surface area contributed by atoms with Crippen molar-refractivity contribution in [2.24, 2.45) is 0 Å². The van der Waals surface area contributed by atoms with E-state index in [0.29, 0.717) is 4.67 Å². The van der Waals surface area contributed by atoms with Crippen molar-refractivity contribution in [3.63, 3.8) is 0 Å². The van der Waals surface area contributed by atoms with Gasteiger partial charge in [-0.05, 0) is 60.1 Å². The molecule has 0 radical (unpaired) electrons. The Kier molecular flexibility index (Phi) is 3.51. The van der Waals surface area contributed by atoms with E-state index in [1.54, 1.807) is 12.1 Å². The molecule has 0 aliphatic rings. The molecular formula is C16H13BrN2O2. The van der Waals surface area contributed by atoms with E-state index in [1.165, 1.54) is 0 Å². The third-order valence-corrected chi connectivity index (χ3v) is 3.56. The van der Waals surface area contributed by atoms with Crippen LogP contribution in [0.5, 0.6) is 0 Å². The zero-order valence-electron chi connectivity index (χ0n) is 11.6. The van der Waals surface area contributed by atoms with Gasteiger partial charge in [-0.3, -0.25) is 9.78 Å². The molecule has 0 saturated carbocycles. The summed E-state index contributed by atoms with van der Waals surface area (Å²) in [6.45, 7) is 3.91. The summed E-state index contributed by atoms with van der Waals surface area (Å²) in [7, 11) is 0. The van der Waals surface area contributed by atoms with Crippen molar-refractivity contribution in [1.82, 2.24) is 4.98 Å². The highest BCUT2D eigenvalue weighted by atomic mass is 79.9. The highest BCUT2D eigenvalue weighted by molar-refractivity contribution is 9.10. The number of carbonyl (C=O) groups is 1. The lowest BCUT2D eigenvalue weighted by atomic mass is 10.1. The second-order valence-electron chi connectivity index (χ2n) is 4.89. The van der Waals surface area contributed by atoms with E-state index in [0.717, 1.165) is 27.8 Å². The van der Waals surface area contributed by atoms with Crippen molar-refractivity contribution in [2.75, 3.05) is 5.32 Å². The number of hydrogen-bond donors (Lipinski definition) is 1. The van der Waals surface area contributed by atoms with Gasteiger partial charge in [0.2, 0.25) is 0 Å². The maximum atomic E-state index is 12.2. The number of fused-ring (bicyclic) bond motifs is 1. The number of furan rings is 1. The summed E-state index contributed by atoms with van der Waals surface area (Å²) in [5.74, 6) is -0.0220. The highest BCUT2D eigenvalue weighted by Gasteiger charge is 2.13. The molecule has 2 heterocycles. The molecule has 4 nitrogen and oxygen atoms in total. The molecule has 1 amide bonds. The lowest BCUT2D eigenvalue weighted by molar-refractivity contribution is 0.0995. The first-order valence-electron chi connectivity index (χ1n) is 6.47. The number of halogens is 1. The summed E-state index contributed by atoms with van der Waals surface area (Å²) in [5.41, 5.74) is 3.56. The minimum atomic E-state index is -0.283. The van der Waals surface area contributed by atoms with Crippen LogP contribution in [0.25, 0.3) is 10.9 Å². The summed E-state index contributed by atoms with van der Waals surface area (Å²) >= 11 is 3.19. The van der Waals surface area contributed by atoms with Crippen LogP contribution < -0.4 is 5.32 Å². The molecule has 0 fully saturated rings. The van der Waals surface area contributed by atoms with Crippen LogP contribution >= 0.6 is 15.9 Å². The van der Waals surface area contributed by atoms with Crippen LogP contribution in [0.2, 0.25) is 0 Å². The predicted molar refractivity (Wildman–Crippen MR) is 85.6 cm³/mol. The van der Waals surface area contributed by atoms with E-state index in [9.17, 15) is 4.79 Å². The molecule has 5 heteroatoms. The number of aryl methyl sites for hydroxylation is 2. The largest absolute Gasteiger partial charge is 0.444 e. The Morgan fingerprint density at radius 3 is 2.71 bits per heavy atom. The van der Waals surface area contributed by atoms with Gasteiger partial charge in [0.25, 0.3) is 5.91 Å². The van der Waals surface area contributed by atoms with E-state index >= 15 is 0 Å². The second kappa shape index (κ2) is 5.33. The third kappa shape index (κ3) is 2.83. The Morgan fingerprint density at radius 2 is 2.00 bits per heavy atom. The number of anilines is 1. The topological polar surface area (TPSA) is 55.1 Å². The molecule has 0 spiro atoms. The number of aromatic nitrogens is 1. The molecule has 106 valence electrons. The van der Waals surface area contributed by atoms with Gasteiger partial charge in [0.1, 0.15) is 0 Å². The first kappa shape index (κ1) is 13.8. The first-order valence-corrected chi connectivity index (χ1v) is 7.27. The maximum absolute atomic E-state index is 12.2. The van der Waals surface area contributed by atoms with Gasteiger partial charge < -0.3 is 9.73 Å².